The molecule has 0 radical (unpaired) electrons. The standard InChI is InChI=1S/C26H26N6O2/c1-31-8-5-26(6-9-31)15-32(16-26)25-10-18(4-7-28-25)23(33)12-20-11-22-19(13-29-20)2-3-21(30-22)24-14-27-17-34-24/h2-4,7,10-11,13-14,17H,5-6,8-9,12,15-16H2,1H3. The predicted molar refractivity (Wildman–Crippen MR) is 129 cm³/mol. The van der Waals surface area contributed by atoms with E-state index in [2.05, 4.69) is 36.8 Å². The SMILES string of the molecule is CN1CCC2(CC1)CN(c1cc(C(=O)Cc3cc4nc(-c5cnco5)ccc4cn3)ccn1)C2. The Labute approximate surface area is 197 Å². The van der Waals surface area contributed by atoms with Gasteiger partial charge in [-0.25, -0.2) is 15.0 Å². The van der Waals surface area contributed by atoms with Gasteiger partial charge >= 0.3 is 0 Å². The van der Waals surface area contributed by atoms with E-state index in [0.29, 0.717) is 28.1 Å². The summed E-state index contributed by atoms with van der Waals surface area (Å²) >= 11 is 0. The Kier molecular flexibility index (Phi) is 5.10. The number of oxazole rings is 1. The largest absolute Gasteiger partial charge is 0.442 e. The van der Waals surface area contributed by atoms with Gasteiger partial charge in [0.2, 0.25) is 0 Å². The molecule has 1 spiro atoms. The van der Waals surface area contributed by atoms with Gasteiger partial charge in [-0.2, -0.15) is 0 Å². The first-order valence-corrected chi connectivity index (χ1v) is 11.6. The van der Waals surface area contributed by atoms with Crippen molar-refractivity contribution in [3.63, 3.8) is 0 Å². The van der Waals surface area contributed by atoms with E-state index >= 15 is 0 Å². The van der Waals surface area contributed by atoms with Gasteiger partial charge in [0, 0.05) is 41.8 Å². The summed E-state index contributed by atoms with van der Waals surface area (Å²) in [5.41, 5.74) is 3.24. The van der Waals surface area contributed by atoms with Gasteiger partial charge in [-0.3, -0.25) is 9.78 Å². The highest BCUT2D eigenvalue weighted by atomic mass is 16.3. The van der Waals surface area contributed by atoms with Gasteiger partial charge in [-0.15, -0.1) is 0 Å². The number of hydrogen-bond donors (Lipinski definition) is 0. The summed E-state index contributed by atoms with van der Waals surface area (Å²) in [6, 6.07) is 9.40. The molecule has 0 aromatic carbocycles. The Bertz CT molecular complexity index is 1340. The van der Waals surface area contributed by atoms with Crippen molar-refractivity contribution in [2.75, 3.05) is 38.1 Å². The molecule has 4 aromatic rings. The average molecular weight is 455 g/mol. The Morgan fingerprint density at radius 1 is 1.09 bits per heavy atom. The van der Waals surface area contributed by atoms with E-state index in [-0.39, 0.29) is 12.2 Å². The van der Waals surface area contributed by atoms with Crippen LogP contribution in [0.25, 0.3) is 22.4 Å². The first-order valence-electron chi connectivity index (χ1n) is 11.6. The number of rotatable bonds is 5. The second-order valence-electron chi connectivity index (χ2n) is 9.59. The summed E-state index contributed by atoms with van der Waals surface area (Å²) in [4.78, 5) is 35.4. The molecule has 4 aromatic heterocycles. The minimum atomic E-state index is 0.0245. The summed E-state index contributed by atoms with van der Waals surface area (Å²) in [6.45, 7) is 4.37. The molecule has 0 bridgehead atoms. The fourth-order valence-corrected chi connectivity index (χ4v) is 5.00. The zero-order valence-corrected chi connectivity index (χ0v) is 19.1. The summed E-state index contributed by atoms with van der Waals surface area (Å²) in [6.07, 6.45) is 9.19. The van der Waals surface area contributed by atoms with Crippen LogP contribution < -0.4 is 4.90 Å². The number of carbonyl (C=O) groups excluding carboxylic acids is 1. The maximum absolute atomic E-state index is 13.1. The fraction of sp³-hybridized carbons (Fsp3) is 0.346. The molecular weight excluding hydrogens is 428 g/mol. The van der Waals surface area contributed by atoms with E-state index in [0.717, 1.165) is 42.9 Å². The second kappa shape index (κ2) is 8.29. The Balaban J connectivity index is 1.16. The summed E-state index contributed by atoms with van der Waals surface area (Å²) in [5, 5.41) is 0.909. The number of fused-ring (bicyclic) bond motifs is 1. The number of likely N-dealkylation sites (tertiary alicyclic amines) is 1. The molecule has 0 amide bonds. The Hall–Kier alpha value is -3.65. The quantitative estimate of drug-likeness (QED) is 0.423. The highest BCUT2D eigenvalue weighted by Crippen LogP contribution is 2.41. The van der Waals surface area contributed by atoms with Crippen LogP contribution in [0.5, 0.6) is 0 Å². The van der Waals surface area contributed by atoms with Crippen LogP contribution in [0, 0.1) is 5.41 Å². The van der Waals surface area contributed by atoms with Crippen molar-refractivity contribution in [2.24, 2.45) is 5.41 Å². The summed E-state index contributed by atoms with van der Waals surface area (Å²) in [7, 11) is 2.19. The van der Waals surface area contributed by atoms with Crippen molar-refractivity contribution < 1.29 is 9.21 Å². The molecule has 34 heavy (non-hydrogen) atoms. The lowest BCUT2D eigenvalue weighted by Gasteiger charge is -2.54. The third kappa shape index (κ3) is 3.94. The maximum Gasteiger partial charge on any atom is 0.181 e. The molecule has 6 rings (SSSR count). The van der Waals surface area contributed by atoms with E-state index in [9.17, 15) is 4.79 Å². The molecule has 0 N–H and O–H groups in total. The summed E-state index contributed by atoms with van der Waals surface area (Å²) < 4.78 is 5.35. The predicted octanol–water partition coefficient (Wildman–Crippen LogP) is 3.64. The van der Waals surface area contributed by atoms with E-state index in [1.54, 1.807) is 24.7 Å². The number of hydrogen-bond acceptors (Lipinski definition) is 8. The number of piperidine rings is 1. The molecule has 0 aliphatic carbocycles. The normalized spacial score (nSPS) is 17.7. The topological polar surface area (TPSA) is 88.2 Å². The fourth-order valence-electron chi connectivity index (χ4n) is 5.00. The molecule has 8 nitrogen and oxygen atoms in total. The molecule has 8 heteroatoms. The van der Waals surface area contributed by atoms with Crippen LogP contribution in [0.15, 0.2) is 59.7 Å². The zero-order chi connectivity index (χ0) is 23.1. The molecule has 2 aliphatic heterocycles. The van der Waals surface area contributed by atoms with Gasteiger partial charge < -0.3 is 14.2 Å². The molecule has 6 heterocycles. The van der Waals surface area contributed by atoms with Gasteiger partial charge in [0.05, 0.1) is 23.8 Å². The average Bonchev–Trinajstić information content (AvgIpc) is 3.38. The van der Waals surface area contributed by atoms with E-state index < -0.39 is 0 Å². The Morgan fingerprint density at radius 3 is 2.74 bits per heavy atom. The minimum absolute atomic E-state index is 0.0245. The molecule has 0 unspecified atom stereocenters. The van der Waals surface area contributed by atoms with Crippen LogP contribution in [0.3, 0.4) is 0 Å². The molecule has 2 saturated heterocycles. The third-order valence-corrected chi connectivity index (χ3v) is 7.15. The lowest BCUT2D eigenvalue weighted by atomic mass is 9.72. The van der Waals surface area contributed by atoms with Crippen LogP contribution in [0.1, 0.15) is 28.9 Å². The number of nitrogens with zero attached hydrogens (tertiary/aromatic N) is 6. The van der Waals surface area contributed by atoms with Crippen molar-refractivity contribution in [3.8, 4) is 11.5 Å². The number of carbonyl (C=O) groups is 1. The van der Waals surface area contributed by atoms with Crippen molar-refractivity contribution in [1.82, 2.24) is 24.8 Å². The molecule has 172 valence electrons. The van der Waals surface area contributed by atoms with Crippen molar-refractivity contribution in [2.45, 2.75) is 19.3 Å². The highest BCUT2D eigenvalue weighted by molar-refractivity contribution is 5.98. The minimum Gasteiger partial charge on any atom is -0.442 e. The van der Waals surface area contributed by atoms with E-state index in [1.807, 2.05) is 24.3 Å². The highest BCUT2D eigenvalue weighted by Gasteiger charge is 2.44. The van der Waals surface area contributed by atoms with Crippen molar-refractivity contribution >= 4 is 22.5 Å². The van der Waals surface area contributed by atoms with Gasteiger partial charge in [0.1, 0.15) is 11.5 Å². The summed E-state index contributed by atoms with van der Waals surface area (Å²) in [5.74, 6) is 1.52. The second-order valence-corrected chi connectivity index (χ2v) is 9.59. The number of Topliss-reactive ketones (excluding diaryl/α,β-unsaturated/α-hetero) is 1. The van der Waals surface area contributed by atoms with Crippen LogP contribution in [0.2, 0.25) is 0 Å². The van der Waals surface area contributed by atoms with E-state index in [4.69, 9.17) is 4.42 Å². The number of pyridine rings is 3. The molecule has 0 saturated carbocycles. The zero-order valence-electron chi connectivity index (χ0n) is 19.1. The molecule has 2 aliphatic rings. The van der Waals surface area contributed by atoms with Crippen LogP contribution in [-0.4, -0.2) is 63.8 Å². The van der Waals surface area contributed by atoms with Crippen LogP contribution in [0.4, 0.5) is 5.82 Å². The van der Waals surface area contributed by atoms with Crippen molar-refractivity contribution in [1.29, 1.82) is 0 Å². The molecule has 0 atom stereocenters. The van der Waals surface area contributed by atoms with E-state index in [1.165, 1.54) is 19.2 Å². The lowest BCUT2D eigenvalue weighted by molar-refractivity contribution is 0.0900. The Morgan fingerprint density at radius 2 is 1.94 bits per heavy atom. The van der Waals surface area contributed by atoms with Gasteiger partial charge in [0.25, 0.3) is 0 Å². The van der Waals surface area contributed by atoms with Crippen LogP contribution >= 0.6 is 0 Å². The first kappa shape index (κ1) is 20.9. The number of anilines is 1. The molecular formula is C26H26N6O2. The van der Waals surface area contributed by atoms with Gasteiger partial charge in [-0.05, 0) is 63.3 Å². The smallest absolute Gasteiger partial charge is 0.181 e. The monoisotopic (exact) mass is 454 g/mol. The maximum atomic E-state index is 13.1. The number of ketones is 1. The molecule has 2 fully saturated rings. The van der Waals surface area contributed by atoms with Crippen LogP contribution in [-0.2, 0) is 6.42 Å². The third-order valence-electron chi connectivity index (χ3n) is 7.15. The van der Waals surface area contributed by atoms with Crippen molar-refractivity contribution in [3.05, 3.63) is 66.6 Å². The number of aromatic nitrogens is 4. The van der Waals surface area contributed by atoms with Gasteiger partial charge in [-0.1, -0.05) is 0 Å². The lowest BCUT2D eigenvalue weighted by Crippen LogP contribution is -2.60. The van der Waals surface area contributed by atoms with Gasteiger partial charge in [0.15, 0.2) is 17.9 Å². The first-order chi connectivity index (χ1) is 16.6.